The van der Waals surface area contributed by atoms with E-state index in [1.807, 2.05) is 24.3 Å². The Hall–Kier alpha value is -2.00. The van der Waals surface area contributed by atoms with Gasteiger partial charge in [-0.25, -0.2) is 0 Å². The highest BCUT2D eigenvalue weighted by Gasteiger charge is 2.20. The van der Waals surface area contributed by atoms with Gasteiger partial charge in [0.15, 0.2) is 0 Å². The smallest absolute Gasteiger partial charge is 0.0761 e. The van der Waals surface area contributed by atoms with Crippen LogP contribution in [0.2, 0.25) is 0 Å². The summed E-state index contributed by atoms with van der Waals surface area (Å²) in [7, 11) is 0. The van der Waals surface area contributed by atoms with Crippen LogP contribution in [-0.2, 0) is 13.1 Å². The zero-order valence-electron chi connectivity index (χ0n) is 11.0. The van der Waals surface area contributed by atoms with Crippen LogP contribution in [0.1, 0.15) is 29.7 Å². The molecule has 3 heteroatoms. The highest BCUT2D eigenvalue weighted by Crippen LogP contribution is 2.31. The fourth-order valence-electron chi connectivity index (χ4n) is 2.59. The number of nitrogens with zero attached hydrogens (tertiary/aromatic N) is 1. The normalized spacial score (nSPS) is 15.4. The van der Waals surface area contributed by atoms with Crippen LogP contribution in [0.15, 0.2) is 42.5 Å². The number of aliphatic hydroxyl groups is 1. The maximum absolute atomic E-state index is 9.53. The first-order valence-electron chi connectivity index (χ1n) is 6.54. The highest BCUT2D eigenvalue weighted by atomic mass is 16.3. The Balaban J connectivity index is 1.85. The minimum Gasteiger partial charge on any atom is -0.398 e. The predicted octanol–water partition coefficient (Wildman–Crippen LogP) is 2.84. The van der Waals surface area contributed by atoms with Crippen molar-refractivity contribution in [2.45, 2.75) is 26.1 Å². The van der Waals surface area contributed by atoms with Gasteiger partial charge < -0.3 is 15.7 Å². The molecular formula is C16H18N2O. The lowest BCUT2D eigenvalue weighted by Gasteiger charge is -2.18. The molecule has 2 aromatic rings. The maximum atomic E-state index is 9.53. The van der Waals surface area contributed by atoms with Gasteiger partial charge >= 0.3 is 0 Å². The van der Waals surface area contributed by atoms with E-state index in [1.54, 1.807) is 6.92 Å². The fraction of sp³-hybridized carbons (Fsp3) is 0.250. The van der Waals surface area contributed by atoms with Gasteiger partial charge in [0.1, 0.15) is 0 Å². The van der Waals surface area contributed by atoms with Crippen molar-refractivity contribution < 1.29 is 5.11 Å². The molecule has 0 radical (unpaired) electrons. The van der Waals surface area contributed by atoms with E-state index in [4.69, 9.17) is 5.73 Å². The van der Waals surface area contributed by atoms with E-state index in [-0.39, 0.29) is 0 Å². The molecule has 1 aliphatic rings. The van der Waals surface area contributed by atoms with Crippen molar-refractivity contribution >= 4 is 11.4 Å². The van der Waals surface area contributed by atoms with Crippen LogP contribution in [-0.4, -0.2) is 5.11 Å². The summed E-state index contributed by atoms with van der Waals surface area (Å²) in [6.45, 7) is 3.53. The Morgan fingerprint density at radius 2 is 1.84 bits per heavy atom. The summed E-state index contributed by atoms with van der Waals surface area (Å²) in [6, 6.07) is 14.2. The first-order chi connectivity index (χ1) is 9.15. The molecule has 0 spiro atoms. The van der Waals surface area contributed by atoms with Crippen molar-refractivity contribution in [2.24, 2.45) is 0 Å². The zero-order valence-corrected chi connectivity index (χ0v) is 11.0. The standard InChI is InChI=1S/C16H18N2O/c1-11(19)12-5-7-14(8-6-12)18-9-13-3-2-4-16(17)15(13)10-18/h2-8,11,19H,9-10,17H2,1H3. The molecule has 1 heterocycles. The molecule has 0 aliphatic carbocycles. The number of rotatable bonds is 2. The quantitative estimate of drug-likeness (QED) is 0.810. The molecule has 3 N–H and O–H groups in total. The van der Waals surface area contributed by atoms with Crippen molar-refractivity contribution in [2.75, 3.05) is 10.6 Å². The van der Waals surface area contributed by atoms with Crippen molar-refractivity contribution in [3.63, 3.8) is 0 Å². The summed E-state index contributed by atoms with van der Waals surface area (Å²) < 4.78 is 0. The van der Waals surface area contributed by atoms with Gasteiger partial charge in [-0.15, -0.1) is 0 Å². The number of fused-ring (bicyclic) bond motifs is 1. The van der Waals surface area contributed by atoms with E-state index >= 15 is 0 Å². The molecule has 98 valence electrons. The number of aliphatic hydroxyl groups excluding tert-OH is 1. The first kappa shape index (κ1) is 12.1. The summed E-state index contributed by atoms with van der Waals surface area (Å²) in [5.41, 5.74) is 11.5. The molecule has 0 amide bonds. The van der Waals surface area contributed by atoms with Crippen molar-refractivity contribution in [1.82, 2.24) is 0 Å². The third-order valence-electron chi connectivity index (χ3n) is 3.76. The molecule has 0 saturated heterocycles. The number of hydrogen-bond donors (Lipinski definition) is 2. The van der Waals surface area contributed by atoms with E-state index in [9.17, 15) is 5.11 Å². The Kier molecular flexibility index (Phi) is 2.91. The van der Waals surface area contributed by atoms with Crippen LogP contribution in [0.3, 0.4) is 0 Å². The molecule has 2 aromatic carbocycles. The Morgan fingerprint density at radius 3 is 2.47 bits per heavy atom. The van der Waals surface area contributed by atoms with Gasteiger partial charge in [0.25, 0.3) is 0 Å². The fourth-order valence-corrected chi connectivity index (χ4v) is 2.59. The van der Waals surface area contributed by atoms with Crippen molar-refractivity contribution in [3.8, 4) is 0 Å². The summed E-state index contributed by atoms with van der Waals surface area (Å²) in [5.74, 6) is 0. The second-order valence-electron chi connectivity index (χ2n) is 5.11. The Bertz CT molecular complexity index is 590. The lowest BCUT2D eigenvalue weighted by atomic mass is 10.1. The van der Waals surface area contributed by atoms with Crippen LogP contribution >= 0.6 is 0 Å². The lowest BCUT2D eigenvalue weighted by molar-refractivity contribution is 0.199. The van der Waals surface area contributed by atoms with Crippen molar-refractivity contribution in [3.05, 3.63) is 59.2 Å². The van der Waals surface area contributed by atoms with E-state index in [1.165, 1.54) is 16.8 Å². The van der Waals surface area contributed by atoms with Crippen molar-refractivity contribution in [1.29, 1.82) is 0 Å². The molecule has 1 unspecified atom stereocenters. The first-order valence-corrected chi connectivity index (χ1v) is 6.54. The molecule has 1 atom stereocenters. The molecule has 1 aliphatic heterocycles. The second kappa shape index (κ2) is 4.59. The molecule has 0 fully saturated rings. The number of nitrogen functional groups attached to an aromatic ring is 1. The van der Waals surface area contributed by atoms with E-state index in [2.05, 4.69) is 23.1 Å². The van der Waals surface area contributed by atoms with Gasteiger partial charge in [-0.1, -0.05) is 24.3 Å². The minimum atomic E-state index is -0.416. The Labute approximate surface area is 113 Å². The van der Waals surface area contributed by atoms with Crippen LogP contribution in [0.5, 0.6) is 0 Å². The van der Waals surface area contributed by atoms with Gasteiger partial charge in [0, 0.05) is 24.5 Å². The molecule has 3 rings (SSSR count). The molecule has 0 bridgehead atoms. The molecule has 0 saturated carbocycles. The molecule has 3 nitrogen and oxygen atoms in total. The molecular weight excluding hydrogens is 236 g/mol. The summed E-state index contributed by atoms with van der Waals surface area (Å²) in [5, 5.41) is 9.53. The van der Waals surface area contributed by atoms with Gasteiger partial charge in [0.2, 0.25) is 0 Å². The average molecular weight is 254 g/mol. The monoisotopic (exact) mass is 254 g/mol. The lowest BCUT2D eigenvalue weighted by Crippen LogP contribution is -2.14. The summed E-state index contributed by atoms with van der Waals surface area (Å²) in [4.78, 5) is 2.30. The van der Waals surface area contributed by atoms with Gasteiger partial charge in [-0.2, -0.15) is 0 Å². The Morgan fingerprint density at radius 1 is 1.11 bits per heavy atom. The number of nitrogens with two attached hydrogens (primary N) is 1. The largest absolute Gasteiger partial charge is 0.398 e. The summed E-state index contributed by atoms with van der Waals surface area (Å²) in [6.07, 6.45) is -0.416. The van der Waals surface area contributed by atoms with E-state index < -0.39 is 6.10 Å². The minimum absolute atomic E-state index is 0.416. The average Bonchev–Trinajstić information content (AvgIpc) is 2.84. The molecule has 0 aromatic heterocycles. The topological polar surface area (TPSA) is 49.5 Å². The van der Waals surface area contributed by atoms with Crippen LogP contribution in [0.25, 0.3) is 0 Å². The summed E-state index contributed by atoms with van der Waals surface area (Å²) >= 11 is 0. The van der Waals surface area contributed by atoms with E-state index in [0.717, 1.165) is 24.3 Å². The predicted molar refractivity (Wildman–Crippen MR) is 77.8 cm³/mol. The van der Waals surface area contributed by atoms with Gasteiger partial charge in [0.05, 0.1) is 6.10 Å². The van der Waals surface area contributed by atoms with Crippen LogP contribution < -0.4 is 10.6 Å². The zero-order chi connectivity index (χ0) is 13.4. The SMILES string of the molecule is CC(O)c1ccc(N2Cc3cccc(N)c3C2)cc1. The maximum Gasteiger partial charge on any atom is 0.0761 e. The third-order valence-corrected chi connectivity index (χ3v) is 3.76. The second-order valence-corrected chi connectivity index (χ2v) is 5.11. The van der Waals surface area contributed by atoms with Crippen LogP contribution in [0, 0.1) is 0 Å². The highest BCUT2D eigenvalue weighted by molar-refractivity contribution is 5.59. The number of hydrogen-bond acceptors (Lipinski definition) is 3. The molecule has 19 heavy (non-hydrogen) atoms. The number of anilines is 2. The third kappa shape index (κ3) is 2.17. The van der Waals surface area contributed by atoms with Crippen LogP contribution in [0.4, 0.5) is 11.4 Å². The number of benzene rings is 2. The van der Waals surface area contributed by atoms with Gasteiger partial charge in [-0.05, 0) is 41.8 Å². The van der Waals surface area contributed by atoms with E-state index in [0.29, 0.717) is 0 Å². The van der Waals surface area contributed by atoms with Gasteiger partial charge in [-0.3, -0.25) is 0 Å².